The van der Waals surface area contributed by atoms with Crippen LogP contribution in [-0.2, 0) is 15.3 Å². The summed E-state index contributed by atoms with van der Waals surface area (Å²) in [6.45, 7) is 1.83. The Morgan fingerprint density at radius 1 is 1.15 bits per heavy atom. The number of aryl methyl sites for hydroxylation is 1. The van der Waals surface area contributed by atoms with Crippen molar-refractivity contribution in [1.82, 2.24) is 0 Å². The number of methoxy groups -OCH3 is 2. The molecule has 0 radical (unpaired) electrons. The van der Waals surface area contributed by atoms with Gasteiger partial charge in [-0.1, -0.05) is 6.07 Å². The molecule has 0 atom stereocenters. The molecule has 0 saturated carbocycles. The molecule has 0 aliphatic carbocycles. The van der Waals surface area contributed by atoms with Gasteiger partial charge in [-0.2, -0.15) is 0 Å². The maximum Gasteiger partial charge on any atom is 0.337 e. The molecule has 1 N–H and O–H groups in total. The number of carbonyl (C=O) groups is 2. The standard InChI is InChI=1S/C19H20FNO4S/c1-12-4-5-13(19(23)25-3)9-16(12)21-18(22)11-26-10-14-8-15(20)6-7-17(14)24-2/h4-9H,10-11H2,1-3H3,(H,21,22). The van der Waals surface area contributed by atoms with Crippen LogP contribution in [-0.4, -0.2) is 31.8 Å². The van der Waals surface area contributed by atoms with Crippen molar-refractivity contribution in [2.75, 3.05) is 25.3 Å². The highest BCUT2D eigenvalue weighted by molar-refractivity contribution is 7.99. The van der Waals surface area contributed by atoms with E-state index in [2.05, 4.69) is 10.1 Å². The van der Waals surface area contributed by atoms with E-state index in [-0.39, 0.29) is 17.5 Å². The molecule has 2 aromatic carbocycles. The Morgan fingerprint density at radius 2 is 1.92 bits per heavy atom. The monoisotopic (exact) mass is 377 g/mol. The van der Waals surface area contributed by atoms with Gasteiger partial charge in [0.15, 0.2) is 0 Å². The first kappa shape index (κ1) is 19.8. The number of rotatable bonds is 7. The summed E-state index contributed by atoms with van der Waals surface area (Å²) >= 11 is 1.34. The quantitative estimate of drug-likeness (QED) is 0.744. The minimum atomic E-state index is -0.465. The van der Waals surface area contributed by atoms with Crippen LogP contribution in [0.1, 0.15) is 21.5 Å². The van der Waals surface area contributed by atoms with Gasteiger partial charge in [0.05, 0.1) is 25.5 Å². The molecule has 2 rings (SSSR count). The van der Waals surface area contributed by atoms with Gasteiger partial charge >= 0.3 is 5.97 Å². The minimum Gasteiger partial charge on any atom is -0.496 e. The van der Waals surface area contributed by atoms with Crippen LogP contribution in [0.2, 0.25) is 0 Å². The van der Waals surface area contributed by atoms with Crippen molar-refractivity contribution in [3.05, 3.63) is 58.9 Å². The molecular formula is C19H20FNO4S. The van der Waals surface area contributed by atoms with Gasteiger partial charge < -0.3 is 14.8 Å². The molecule has 2 aromatic rings. The molecule has 26 heavy (non-hydrogen) atoms. The van der Waals surface area contributed by atoms with Gasteiger partial charge in [-0.05, 0) is 42.8 Å². The van der Waals surface area contributed by atoms with E-state index in [1.54, 1.807) is 24.3 Å². The van der Waals surface area contributed by atoms with Crippen LogP contribution in [0.4, 0.5) is 10.1 Å². The van der Waals surface area contributed by atoms with Gasteiger partial charge in [0.25, 0.3) is 0 Å². The Labute approximate surface area is 155 Å². The average Bonchev–Trinajstić information content (AvgIpc) is 2.63. The van der Waals surface area contributed by atoms with Crippen LogP contribution in [0.25, 0.3) is 0 Å². The summed E-state index contributed by atoms with van der Waals surface area (Å²) in [4.78, 5) is 23.8. The zero-order valence-corrected chi connectivity index (χ0v) is 15.6. The van der Waals surface area contributed by atoms with Crippen molar-refractivity contribution in [3.63, 3.8) is 0 Å². The third-order valence-corrected chi connectivity index (χ3v) is 4.65. The Balaban J connectivity index is 1.95. The second kappa shape index (κ2) is 9.24. The number of ether oxygens (including phenoxy) is 2. The summed E-state index contributed by atoms with van der Waals surface area (Å²) in [5, 5.41) is 2.78. The van der Waals surface area contributed by atoms with Crippen LogP contribution in [0, 0.1) is 12.7 Å². The van der Waals surface area contributed by atoms with Gasteiger partial charge in [0.2, 0.25) is 5.91 Å². The number of anilines is 1. The molecule has 0 fully saturated rings. The Hall–Kier alpha value is -2.54. The fourth-order valence-corrected chi connectivity index (χ4v) is 3.11. The lowest BCUT2D eigenvalue weighted by molar-refractivity contribution is -0.113. The third kappa shape index (κ3) is 5.23. The Kier molecular flexibility index (Phi) is 7.03. The summed E-state index contributed by atoms with van der Waals surface area (Å²) in [5.74, 6) is 0.183. The summed E-state index contributed by atoms with van der Waals surface area (Å²) < 4.78 is 23.2. The smallest absolute Gasteiger partial charge is 0.337 e. The number of benzene rings is 2. The average molecular weight is 377 g/mol. The first-order valence-electron chi connectivity index (χ1n) is 7.83. The molecule has 138 valence electrons. The van der Waals surface area contributed by atoms with Gasteiger partial charge in [0.1, 0.15) is 11.6 Å². The van der Waals surface area contributed by atoms with E-state index < -0.39 is 5.97 Å². The molecule has 0 bridgehead atoms. The first-order chi connectivity index (χ1) is 12.4. The predicted octanol–water partition coefficient (Wildman–Crippen LogP) is 3.80. The molecule has 0 aromatic heterocycles. The van der Waals surface area contributed by atoms with E-state index >= 15 is 0 Å². The molecule has 7 heteroatoms. The molecule has 0 unspecified atom stereocenters. The molecule has 5 nitrogen and oxygen atoms in total. The van der Waals surface area contributed by atoms with Crippen LogP contribution in [0.15, 0.2) is 36.4 Å². The van der Waals surface area contributed by atoms with Gasteiger partial charge in [-0.15, -0.1) is 11.8 Å². The molecule has 0 spiro atoms. The van der Waals surface area contributed by atoms with E-state index in [0.717, 1.165) is 5.56 Å². The normalized spacial score (nSPS) is 10.3. The van der Waals surface area contributed by atoms with Crippen LogP contribution < -0.4 is 10.1 Å². The first-order valence-corrected chi connectivity index (χ1v) is 8.99. The molecule has 0 aliphatic rings. The minimum absolute atomic E-state index is 0.182. The zero-order chi connectivity index (χ0) is 19.1. The molecule has 0 saturated heterocycles. The zero-order valence-electron chi connectivity index (χ0n) is 14.8. The van der Waals surface area contributed by atoms with Crippen molar-refractivity contribution < 1.29 is 23.5 Å². The number of carbonyl (C=O) groups excluding carboxylic acids is 2. The van der Waals surface area contributed by atoms with E-state index in [9.17, 15) is 14.0 Å². The lowest BCUT2D eigenvalue weighted by Crippen LogP contribution is -2.15. The number of halogens is 1. The number of nitrogens with one attached hydrogen (secondary N) is 1. The van der Waals surface area contributed by atoms with Crippen molar-refractivity contribution in [2.24, 2.45) is 0 Å². The summed E-state index contributed by atoms with van der Waals surface area (Å²) in [6, 6.07) is 9.26. The number of hydrogen-bond acceptors (Lipinski definition) is 5. The Morgan fingerprint density at radius 3 is 2.62 bits per heavy atom. The number of esters is 1. The second-order valence-electron chi connectivity index (χ2n) is 5.52. The molecule has 0 aliphatic heterocycles. The maximum absolute atomic E-state index is 13.4. The van der Waals surface area contributed by atoms with Crippen LogP contribution in [0.3, 0.4) is 0 Å². The Bertz CT molecular complexity index is 810. The largest absolute Gasteiger partial charge is 0.496 e. The number of thioether (sulfide) groups is 1. The fourth-order valence-electron chi connectivity index (χ4n) is 2.30. The molecule has 0 heterocycles. The predicted molar refractivity (Wildman–Crippen MR) is 100 cm³/mol. The van der Waals surface area contributed by atoms with Gasteiger partial charge in [-0.3, -0.25) is 4.79 Å². The third-order valence-electron chi connectivity index (χ3n) is 3.67. The molecule has 1 amide bonds. The second-order valence-corrected chi connectivity index (χ2v) is 6.50. The fraction of sp³-hybridized carbons (Fsp3) is 0.263. The SMILES string of the molecule is COC(=O)c1ccc(C)c(NC(=O)CSCc2cc(F)ccc2OC)c1. The van der Waals surface area contributed by atoms with Crippen molar-refractivity contribution >= 4 is 29.3 Å². The highest BCUT2D eigenvalue weighted by atomic mass is 32.2. The summed E-state index contributed by atoms with van der Waals surface area (Å²) in [7, 11) is 2.82. The van der Waals surface area contributed by atoms with E-state index in [1.807, 2.05) is 6.92 Å². The maximum atomic E-state index is 13.4. The molecular weight excluding hydrogens is 357 g/mol. The number of hydrogen-bond donors (Lipinski definition) is 1. The van der Waals surface area contributed by atoms with Gasteiger partial charge in [-0.25, -0.2) is 9.18 Å². The van der Waals surface area contributed by atoms with E-state index in [4.69, 9.17) is 4.74 Å². The van der Waals surface area contributed by atoms with Crippen molar-refractivity contribution in [3.8, 4) is 5.75 Å². The van der Waals surface area contributed by atoms with Gasteiger partial charge in [0, 0.05) is 17.0 Å². The lowest BCUT2D eigenvalue weighted by atomic mass is 10.1. The van der Waals surface area contributed by atoms with Crippen LogP contribution >= 0.6 is 11.8 Å². The van der Waals surface area contributed by atoms with Crippen molar-refractivity contribution in [2.45, 2.75) is 12.7 Å². The van der Waals surface area contributed by atoms with E-state index in [1.165, 1.54) is 38.1 Å². The van der Waals surface area contributed by atoms with Crippen molar-refractivity contribution in [1.29, 1.82) is 0 Å². The topological polar surface area (TPSA) is 64.6 Å². The lowest BCUT2D eigenvalue weighted by Gasteiger charge is -2.11. The highest BCUT2D eigenvalue weighted by Crippen LogP contribution is 2.24. The van der Waals surface area contributed by atoms with E-state index in [0.29, 0.717) is 28.3 Å². The number of amides is 1. The summed E-state index contributed by atoms with van der Waals surface area (Å²) in [5.41, 5.74) is 2.45. The van der Waals surface area contributed by atoms with Crippen LogP contribution in [0.5, 0.6) is 5.75 Å². The summed E-state index contributed by atoms with van der Waals surface area (Å²) in [6.07, 6.45) is 0. The highest BCUT2D eigenvalue weighted by Gasteiger charge is 2.11.